The summed E-state index contributed by atoms with van der Waals surface area (Å²) in [6.45, 7) is 10.9. The molecule has 5 aromatic carbocycles. The Bertz CT molecular complexity index is 2080. The van der Waals surface area contributed by atoms with Gasteiger partial charge in [-0.1, -0.05) is 124 Å². The molecule has 1 aromatic heterocycles. The molecule has 7 rings (SSSR count). The highest BCUT2D eigenvalue weighted by Crippen LogP contribution is 2.50. The average Bonchev–Trinajstić information content (AvgIpc) is 3.47. The molecule has 42 heavy (non-hydrogen) atoms. The van der Waals surface area contributed by atoms with Gasteiger partial charge in [-0.25, -0.2) is 0 Å². The van der Waals surface area contributed by atoms with E-state index in [9.17, 15) is 0 Å². The molecule has 0 fully saturated rings. The maximum absolute atomic E-state index is 6.41. The van der Waals surface area contributed by atoms with E-state index in [0.717, 1.165) is 33.3 Å². The van der Waals surface area contributed by atoms with Crippen LogP contribution in [0.3, 0.4) is 0 Å². The Kier molecular flexibility index (Phi) is 6.21. The highest BCUT2D eigenvalue weighted by atomic mass is 16.3. The number of fused-ring (bicyclic) bond motifs is 4. The summed E-state index contributed by atoms with van der Waals surface area (Å²) in [4.78, 5) is 2.32. The molecule has 0 spiro atoms. The van der Waals surface area contributed by atoms with E-state index in [0.29, 0.717) is 5.42 Å². The molecule has 2 heteroatoms. The van der Waals surface area contributed by atoms with Gasteiger partial charge >= 0.3 is 0 Å². The minimum absolute atomic E-state index is 0.101. The van der Waals surface area contributed by atoms with E-state index in [4.69, 9.17) is 4.42 Å². The quantitative estimate of drug-likeness (QED) is 0.215. The van der Waals surface area contributed by atoms with Crippen molar-refractivity contribution >= 4 is 40.7 Å². The molecular weight excluding hydrogens is 510 g/mol. The third kappa shape index (κ3) is 4.11. The zero-order chi connectivity index (χ0) is 28.8. The number of benzene rings is 5. The normalized spacial score (nSPS) is 13.9. The van der Waals surface area contributed by atoms with Gasteiger partial charge in [-0.15, -0.1) is 0 Å². The minimum Gasteiger partial charge on any atom is -0.454 e. The lowest BCUT2D eigenvalue weighted by Gasteiger charge is -2.28. The Morgan fingerprint density at radius 3 is 2.17 bits per heavy atom. The smallest absolute Gasteiger partial charge is 0.159 e. The van der Waals surface area contributed by atoms with Crippen molar-refractivity contribution in [1.82, 2.24) is 0 Å². The number of para-hydroxylation sites is 1. The molecule has 1 aliphatic rings. The second-order valence-corrected chi connectivity index (χ2v) is 11.4. The monoisotopic (exact) mass is 543 g/mol. The summed E-state index contributed by atoms with van der Waals surface area (Å²) in [5.41, 5.74) is 12.3. The zero-order valence-electron chi connectivity index (χ0n) is 24.3. The molecular formula is C40H33NO. The number of hydrogen-bond donors (Lipinski definition) is 0. The molecule has 6 aromatic rings. The van der Waals surface area contributed by atoms with Crippen molar-refractivity contribution in [3.05, 3.63) is 149 Å². The van der Waals surface area contributed by atoms with Crippen LogP contribution >= 0.6 is 0 Å². The molecule has 204 valence electrons. The third-order valence-corrected chi connectivity index (χ3v) is 8.56. The highest BCUT2D eigenvalue weighted by molar-refractivity contribution is 5.97. The van der Waals surface area contributed by atoms with Crippen molar-refractivity contribution in [1.29, 1.82) is 0 Å². The Morgan fingerprint density at radius 1 is 0.690 bits per heavy atom. The SMILES string of the molecule is C=c1oc2c(N(c3ccc(-c4ccccc4)cc3)c3ccc4c(c3)C(C)(C)c3ccccc3-4)cccc2/c1=C/C=C\C. The minimum atomic E-state index is -0.101. The summed E-state index contributed by atoms with van der Waals surface area (Å²) >= 11 is 0. The lowest BCUT2D eigenvalue weighted by atomic mass is 9.82. The summed E-state index contributed by atoms with van der Waals surface area (Å²) in [7, 11) is 0. The van der Waals surface area contributed by atoms with Crippen LogP contribution < -0.4 is 15.5 Å². The Labute approximate surface area is 247 Å². The number of nitrogens with zero attached hydrogens (tertiary/aromatic N) is 1. The van der Waals surface area contributed by atoms with Gasteiger partial charge in [0, 0.05) is 27.4 Å². The van der Waals surface area contributed by atoms with Crippen molar-refractivity contribution in [3.8, 4) is 22.3 Å². The van der Waals surface area contributed by atoms with Crippen LogP contribution in [-0.2, 0) is 5.41 Å². The molecule has 0 saturated heterocycles. The summed E-state index contributed by atoms with van der Waals surface area (Å²) < 4.78 is 6.41. The van der Waals surface area contributed by atoms with E-state index in [1.54, 1.807) is 0 Å². The number of hydrogen-bond acceptors (Lipinski definition) is 2. The lowest BCUT2D eigenvalue weighted by Crippen LogP contribution is -2.17. The molecule has 0 radical (unpaired) electrons. The number of furan rings is 1. The van der Waals surface area contributed by atoms with Crippen LogP contribution in [0, 0.1) is 0 Å². The largest absolute Gasteiger partial charge is 0.454 e. The van der Waals surface area contributed by atoms with E-state index in [1.165, 1.54) is 33.4 Å². The van der Waals surface area contributed by atoms with Gasteiger partial charge in [0.05, 0.1) is 5.69 Å². The molecule has 0 amide bonds. The summed E-state index contributed by atoms with van der Waals surface area (Å²) in [6.07, 6.45) is 6.13. The van der Waals surface area contributed by atoms with Crippen molar-refractivity contribution in [2.75, 3.05) is 4.90 Å². The van der Waals surface area contributed by atoms with E-state index >= 15 is 0 Å². The molecule has 0 atom stereocenters. The molecule has 1 heterocycles. The van der Waals surface area contributed by atoms with Gasteiger partial charge in [0.2, 0.25) is 0 Å². The van der Waals surface area contributed by atoms with Gasteiger partial charge in [-0.05, 0) is 70.6 Å². The van der Waals surface area contributed by atoms with Crippen LogP contribution in [0.4, 0.5) is 17.1 Å². The molecule has 2 nitrogen and oxygen atoms in total. The fourth-order valence-corrected chi connectivity index (χ4v) is 6.42. The molecule has 0 N–H and O–H groups in total. The summed E-state index contributed by atoms with van der Waals surface area (Å²) in [5.74, 6) is 0. The maximum Gasteiger partial charge on any atom is 0.159 e. The van der Waals surface area contributed by atoms with Crippen LogP contribution in [0.25, 0.3) is 45.9 Å². The van der Waals surface area contributed by atoms with Crippen LogP contribution in [-0.4, -0.2) is 0 Å². The molecule has 0 saturated carbocycles. The molecule has 1 aliphatic carbocycles. The number of anilines is 3. The second-order valence-electron chi connectivity index (χ2n) is 11.4. The highest BCUT2D eigenvalue weighted by Gasteiger charge is 2.35. The van der Waals surface area contributed by atoms with Crippen LogP contribution in [0.5, 0.6) is 0 Å². The lowest BCUT2D eigenvalue weighted by molar-refractivity contribution is 0.578. The number of rotatable bonds is 5. The van der Waals surface area contributed by atoms with Gasteiger partial charge in [-0.2, -0.15) is 0 Å². The van der Waals surface area contributed by atoms with Gasteiger partial charge in [0.15, 0.2) is 5.58 Å². The van der Waals surface area contributed by atoms with E-state index in [1.807, 2.05) is 19.1 Å². The first-order valence-electron chi connectivity index (χ1n) is 14.5. The Morgan fingerprint density at radius 2 is 1.38 bits per heavy atom. The van der Waals surface area contributed by atoms with Gasteiger partial charge in [-0.3, -0.25) is 0 Å². The summed E-state index contributed by atoms with van der Waals surface area (Å²) in [5, 5.41) is 2.06. The van der Waals surface area contributed by atoms with Gasteiger partial charge in [0.1, 0.15) is 5.42 Å². The molecule has 0 aliphatic heterocycles. The fraction of sp³-hybridized carbons (Fsp3) is 0.100. The van der Waals surface area contributed by atoms with Crippen LogP contribution in [0.15, 0.2) is 132 Å². The van der Waals surface area contributed by atoms with Gasteiger partial charge in [0.25, 0.3) is 0 Å². The Balaban J connectivity index is 1.45. The molecule has 0 unspecified atom stereocenters. The van der Waals surface area contributed by atoms with Crippen molar-refractivity contribution in [2.45, 2.75) is 26.2 Å². The summed E-state index contributed by atoms with van der Waals surface area (Å²) in [6, 6.07) is 41.3. The van der Waals surface area contributed by atoms with E-state index in [-0.39, 0.29) is 5.41 Å². The topological polar surface area (TPSA) is 16.4 Å². The predicted octanol–water partition coefficient (Wildman–Crippen LogP) is 9.64. The van der Waals surface area contributed by atoms with Crippen molar-refractivity contribution < 1.29 is 4.42 Å². The third-order valence-electron chi connectivity index (χ3n) is 8.56. The predicted molar refractivity (Wildman–Crippen MR) is 178 cm³/mol. The van der Waals surface area contributed by atoms with E-state index < -0.39 is 0 Å². The van der Waals surface area contributed by atoms with Gasteiger partial charge < -0.3 is 9.32 Å². The standard InChI is InChI=1S/C40H33NO/c1-5-6-15-32-27(2)42-39-35(32)17-12-19-38(39)41(30-22-20-29(21-23-30)28-13-8-7-9-14-28)31-24-25-34-33-16-10-11-18-36(33)40(3,4)37(34)26-31/h5-26H,2H2,1,3-4H3/b6-5-,32-15+. The van der Waals surface area contributed by atoms with Crippen molar-refractivity contribution in [2.24, 2.45) is 0 Å². The van der Waals surface area contributed by atoms with Crippen LogP contribution in [0.1, 0.15) is 31.9 Å². The molecule has 0 bridgehead atoms. The first-order chi connectivity index (χ1) is 20.5. The average molecular weight is 544 g/mol. The Hall–Kier alpha value is -5.08. The fourth-order valence-electron chi connectivity index (χ4n) is 6.42. The zero-order valence-corrected chi connectivity index (χ0v) is 24.3. The van der Waals surface area contributed by atoms with E-state index in [2.05, 4.69) is 147 Å². The first-order valence-corrected chi connectivity index (χ1v) is 14.5. The first kappa shape index (κ1) is 25.9. The van der Waals surface area contributed by atoms with Crippen LogP contribution in [0.2, 0.25) is 0 Å². The maximum atomic E-state index is 6.41. The second kappa shape index (κ2) is 10.1. The van der Waals surface area contributed by atoms with Crippen molar-refractivity contribution in [3.63, 3.8) is 0 Å². The number of allylic oxidation sites excluding steroid dienone is 2.